The predicted molar refractivity (Wildman–Crippen MR) is 81.4 cm³/mol. The van der Waals surface area contributed by atoms with E-state index in [-0.39, 0.29) is 12.3 Å². The molecule has 2 aromatic carbocycles. The van der Waals surface area contributed by atoms with Crippen LogP contribution in [0.4, 0.5) is 5.69 Å². The zero-order valence-corrected chi connectivity index (χ0v) is 11.5. The largest absolute Gasteiger partial charge is 0.399 e. The fourth-order valence-electron chi connectivity index (χ4n) is 1.99. The molecule has 108 valence electrons. The van der Waals surface area contributed by atoms with E-state index in [0.717, 1.165) is 11.1 Å². The Hall–Kier alpha value is -2.82. The summed E-state index contributed by atoms with van der Waals surface area (Å²) in [5.41, 5.74) is 13.6. The lowest BCUT2D eigenvalue weighted by Gasteiger charge is -2.07. The number of nitrogens with one attached hydrogen (secondary N) is 1. The van der Waals surface area contributed by atoms with Crippen molar-refractivity contribution in [1.29, 1.82) is 0 Å². The minimum absolute atomic E-state index is 0.106. The smallest absolute Gasteiger partial charge is 0.248 e. The number of hydrogen-bond acceptors (Lipinski definition) is 3. The van der Waals surface area contributed by atoms with Crippen LogP contribution in [0.25, 0.3) is 0 Å². The van der Waals surface area contributed by atoms with Gasteiger partial charge in [-0.25, -0.2) is 0 Å². The molecule has 5 N–H and O–H groups in total. The lowest BCUT2D eigenvalue weighted by atomic mass is 10.1. The molecule has 0 radical (unpaired) electrons. The SMILES string of the molecule is NC(=O)c1cccc(CNC(=O)Cc2cccc(N)c2)c1. The summed E-state index contributed by atoms with van der Waals surface area (Å²) in [5.74, 6) is -0.590. The molecule has 0 aliphatic heterocycles. The summed E-state index contributed by atoms with van der Waals surface area (Å²) in [4.78, 5) is 23.0. The highest BCUT2D eigenvalue weighted by Gasteiger charge is 2.05. The van der Waals surface area contributed by atoms with Gasteiger partial charge in [0, 0.05) is 17.8 Å². The number of amides is 2. The van der Waals surface area contributed by atoms with E-state index < -0.39 is 5.91 Å². The summed E-state index contributed by atoms with van der Waals surface area (Å²) in [6, 6.07) is 14.1. The summed E-state index contributed by atoms with van der Waals surface area (Å²) in [5, 5.41) is 2.80. The van der Waals surface area contributed by atoms with Crippen LogP contribution >= 0.6 is 0 Å². The van der Waals surface area contributed by atoms with Gasteiger partial charge >= 0.3 is 0 Å². The minimum Gasteiger partial charge on any atom is -0.399 e. The van der Waals surface area contributed by atoms with Crippen LogP contribution in [0.2, 0.25) is 0 Å². The molecule has 0 atom stereocenters. The summed E-state index contributed by atoms with van der Waals surface area (Å²) in [6.07, 6.45) is 0.264. The van der Waals surface area contributed by atoms with Crippen LogP contribution in [0.1, 0.15) is 21.5 Å². The van der Waals surface area contributed by atoms with Crippen LogP contribution < -0.4 is 16.8 Å². The number of carbonyl (C=O) groups is 2. The van der Waals surface area contributed by atoms with Crippen LogP contribution in [0.5, 0.6) is 0 Å². The second-order valence-corrected chi connectivity index (χ2v) is 4.76. The quantitative estimate of drug-likeness (QED) is 0.720. The molecular formula is C16H17N3O2. The van der Waals surface area contributed by atoms with E-state index in [1.165, 1.54) is 0 Å². The standard InChI is InChI=1S/C16H17N3O2/c17-14-6-2-3-11(8-14)9-15(20)19-10-12-4-1-5-13(7-12)16(18)21/h1-8H,9-10,17H2,(H2,18,21)(H,19,20). The molecule has 5 heteroatoms. The van der Waals surface area contributed by atoms with Gasteiger partial charge in [-0.15, -0.1) is 0 Å². The first-order chi connectivity index (χ1) is 10.0. The Morgan fingerprint density at radius 1 is 1.00 bits per heavy atom. The summed E-state index contributed by atoms with van der Waals surface area (Å²) in [7, 11) is 0. The number of primary amides is 1. The Kier molecular flexibility index (Phi) is 4.56. The van der Waals surface area contributed by atoms with E-state index in [1.54, 1.807) is 30.3 Å². The topological polar surface area (TPSA) is 98.2 Å². The number of nitrogens with two attached hydrogens (primary N) is 2. The molecule has 0 aliphatic rings. The van der Waals surface area contributed by atoms with Crippen molar-refractivity contribution in [1.82, 2.24) is 5.32 Å². The number of benzene rings is 2. The zero-order valence-electron chi connectivity index (χ0n) is 11.5. The van der Waals surface area contributed by atoms with Gasteiger partial charge in [0.05, 0.1) is 6.42 Å². The Bertz CT molecular complexity index is 668. The molecule has 2 rings (SSSR count). The highest BCUT2D eigenvalue weighted by molar-refractivity contribution is 5.92. The van der Waals surface area contributed by atoms with E-state index in [4.69, 9.17) is 11.5 Å². The molecular weight excluding hydrogens is 266 g/mol. The first kappa shape index (κ1) is 14.6. The van der Waals surface area contributed by atoms with Crippen molar-refractivity contribution in [3.63, 3.8) is 0 Å². The summed E-state index contributed by atoms with van der Waals surface area (Å²) in [6.45, 7) is 0.349. The van der Waals surface area contributed by atoms with Crippen LogP contribution in [-0.4, -0.2) is 11.8 Å². The van der Waals surface area contributed by atoms with E-state index in [0.29, 0.717) is 17.8 Å². The van der Waals surface area contributed by atoms with Crippen molar-refractivity contribution >= 4 is 17.5 Å². The van der Waals surface area contributed by atoms with Gasteiger partial charge in [-0.3, -0.25) is 9.59 Å². The Labute approximate surface area is 123 Å². The molecule has 0 saturated heterocycles. The van der Waals surface area contributed by atoms with E-state index in [9.17, 15) is 9.59 Å². The zero-order chi connectivity index (χ0) is 15.2. The molecule has 0 unspecified atom stereocenters. The number of nitrogen functional groups attached to an aromatic ring is 1. The molecule has 0 aromatic heterocycles. The summed E-state index contributed by atoms with van der Waals surface area (Å²) >= 11 is 0. The Morgan fingerprint density at radius 2 is 1.71 bits per heavy atom. The number of rotatable bonds is 5. The van der Waals surface area contributed by atoms with Crippen molar-refractivity contribution in [3.8, 4) is 0 Å². The lowest BCUT2D eigenvalue weighted by molar-refractivity contribution is -0.120. The predicted octanol–water partition coefficient (Wildman–Crippen LogP) is 1.23. The molecule has 0 bridgehead atoms. The van der Waals surface area contributed by atoms with Crippen LogP contribution in [0.3, 0.4) is 0 Å². The van der Waals surface area contributed by atoms with Crippen LogP contribution in [-0.2, 0) is 17.8 Å². The van der Waals surface area contributed by atoms with Gasteiger partial charge in [-0.1, -0.05) is 24.3 Å². The van der Waals surface area contributed by atoms with E-state index in [1.807, 2.05) is 18.2 Å². The van der Waals surface area contributed by atoms with Crippen molar-refractivity contribution < 1.29 is 9.59 Å². The maximum atomic E-state index is 11.9. The first-order valence-corrected chi connectivity index (χ1v) is 6.54. The van der Waals surface area contributed by atoms with Gasteiger partial charge in [0.1, 0.15) is 0 Å². The average molecular weight is 283 g/mol. The van der Waals surface area contributed by atoms with Crippen molar-refractivity contribution in [2.75, 3.05) is 5.73 Å². The van der Waals surface area contributed by atoms with E-state index >= 15 is 0 Å². The second kappa shape index (κ2) is 6.56. The average Bonchev–Trinajstić information content (AvgIpc) is 2.45. The van der Waals surface area contributed by atoms with Gasteiger partial charge < -0.3 is 16.8 Å². The molecule has 21 heavy (non-hydrogen) atoms. The van der Waals surface area contributed by atoms with Gasteiger partial charge in [-0.2, -0.15) is 0 Å². The molecule has 0 heterocycles. The second-order valence-electron chi connectivity index (χ2n) is 4.76. The molecule has 0 fully saturated rings. The molecule has 0 aliphatic carbocycles. The highest BCUT2D eigenvalue weighted by Crippen LogP contribution is 2.08. The lowest BCUT2D eigenvalue weighted by Crippen LogP contribution is -2.24. The van der Waals surface area contributed by atoms with Crippen LogP contribution in [0, 0.1) is 0 Å². The van der Waals surface area contributed by atoms with Gasteiger partial charge in [0.15, 0.2) is 0 Å². The van der Waals surface area contributed by atoms with Gasteiger partial charge in [0.25, 0.3) is 0 Å². The molecule has 2 aromatic rings. The molecule has 5 nitrogen and oxygen atoms in total. The highest BCUT2D eigenvalue weighted by atomic mass is 16.1. The molecule has 2 amide bonds. The number of hydrogen-bond donors (Lipinski definition) is 3. The molecule has 0 spiro atoms. The van der Waals surface area contributed by atoms with Gasteiger partial charge in [-0.05, 0) is 35.4 Å². The van der Waals surface area contributed by atoms with Crippen molar-refractivity contribution in [2.24, 2.45) is 5.73 Å². The van der Waals surface area contributed by atoms with Crippen molar-refractivity contribution in [3.05, 3.63) is 65.2 Å². The van der Waals surface area contributed by atoms with E-state index in [2.05, 4.69) is 5.32 Å². The maximum Gasteiger partial charge on any atom is 0.248 e. The molecule has 0 saturated carbocycles. The fourth-order valence-corrected chi connectivity index (χ4v) is 1.99. The first-order valence-electron chi connectivity index (χ1n) is 6.54. The Balaban J connectivity index is 1.92. The third kappa shape index (κ3) is 4.35. The monoisotopic (exact) mass is 283 g/mol. The third-order valence-electron chi connectivity index (χ3n) is 3.02. The number of anilines is 1. The van der Waals surface area contributed by atoms with Crippen LogP contribution in [0.15, 0.2) is 48.5 Å². The number of carbonyl (C=O) groups excluding carboxylic acids is 2. The Morgan fingerprint density at radius 3 is 2.43 bits per heavy atom. The van der Waals surface area contributed by atoms with Crippen molar-refractivity contribution in [2.45, 2.75) is 13.0 Å². The van der Waals surface area contributed by atoms with Gasteiger partial charge in [0.2, 0.25) is 11.8 Å². The minimum atomic E-state index is -0.483. The third-order valence-corrected chi connectivity index (χ3v) is 3.02. The maximum absolute atomic E-state index is 11.9. The fraction of sp³-hybridized carbons (Fsp3) is 0.125. The normalized spacial score (nSPS) is 10.1. The summed E-state index contributed by atoms with van der Waals surface area (Å²) < 4.78 is 0.